The van der Waals surface area contributed by atoms with Crippen molar-refractivity contribution in [1.82, 2.24) is 15.2 Å². The number of halogens is 1. The molecule has 1 aromatic heterocycles. The summed E-state index contributed by atoms with van der Waals surface area (Å²) in [6.45, 7) is 2.24. The molecule has 2 N–H and O–H groups in total. The third-order valence-electron chi connectivity index (χ3n) is 3.90. The van der Waals surface area contributed by atoms with Crippen molar-refractivity contribution in [3.05, 3.63) is 70.9 Å². The molecule has 3 rings (SSSR count). The Kier molecular flexibility index (Phi) is 5.18. The second-order valence-corrected chi connectivity index (χ2v) is 6.33. The van der Waals surface area contributed by atoms with Gasteiger partial charge in [0.1, 0.15) is 5.69 Å². The van der Waals surface area contributed by atoms with E-state index in [0.717, 1.165) is 24.0 Å². The van der Waals surface area contributed by atoms with Gasteiger partial charge in [-0.05, 0) is 30.8 Å². The van der Waals surface area contributed by atoms with Gasteiger partial charge in [0.05, 0.1) is 0 Å². The number of nitrogens with zero attached hydrogens (tertiary/aromatic N) is 1. The molecule has 24 heavy (non-hydrogen) atoms. The molecule has 1 heterocycles. The number of H-pyrrole nitrogens is 1. The molecule has 0 atom stereocenters. The first-order valence-electron chi connectivity index (χ1n) is 7.91. The Morgan fingerprint density at radius 1 is 1.17 bits per heavy atom. The Morgan fingerprint density at radius 2 is 1.96 bits per heavy atom. The highest BCUT2D eigenvalue weighted by atomic mass is 35.5. The monoisotopic (exact) mass is 341 g/mol. The van der Waals surface area contributed by atoms with Gasteiger partial charge < -0.3 is 15.2 Å². The largest absolute Gasteiger partial charge is 0.350 e. The van der Waals surface area contributed by atoms with Crippen LogP contribution >= 0.6 is 11.6 Å². The fraction of sp³-hybridized carbons (Fsp3) is 0.211. The Bertz CT molecular complexity index is 829. The Morgan fingerprint density at radius 3 is 2.75 bits per heavy atom. The van der Waals surface area contributed by atoms with Crippen LogP contribution in [-0.2, 0) is 6.54 Å². The van der Waals surface area contributed by atoms with Gasteiger partial charge in [0.25, 0.3) is 5.91 Å². The predicted octanol–water partition coefficient (Wildman–Crippen LogP) is 3.68. The normalized spacial score (nSPS) is 11.1. The molecule has 1 amide bonds. The number of carbonyl (C=O) groups excluding carboxylic acids is 1. The van der Waals surface area contributed by atoms with E-state index in [1.54, 1.807) is 0 Å². The summed E-state index contributed by atoms with van der Waals surface area (Å²) in [4.78, 5) is 17.5. The van der Waals surface area contributed by atoms with Crippen molar-refractivity contribution in [3.8, 4) is 0 Å². The number of nitrogens with one attached hydrogen (secondary N) is 2. The number of hydrogen-bond donors (Lipinski definition) is 2. The summed E-state index contributed by atoms with van der Waals surface area (Å²) in [5.41, 5.74) is 2.69. The first-order chi connectivity index (χ1) is 11.6. The number of hydrogen-bond acceptors (Lipinski definition) is 2. The summed E-state index contributed by atoms with van der Waals surface area (Å²) < 4.78 is 0. The Balaban J connectivity index is 1.51. The standard InChI is InChI=1S/C19H20ClN3O/c1-23(13-14-5-3-2-4-6-14)10-9-21-19(24)18-11-15-7-8-16(20)12-17(15)22-18/h2-8,11-12,22H,9-10,13H2,1H3,(H,21,24). The van der Waals surface area contributed by atoms with Crippen molar-refractivity contribution in [2.45, 2.75) is 6.54 Å². The molecule has 0 bridgehead atoms. The number of aromatic nitrogens is 1. The average Bonchev–Trinajstić information content (AvgIpc) is 2.99. The van der Waals surface area contributed by atoms with Crippen LogP contribution in [0.2, 0.25) is 5.02 Å². The quantitative estimate of drug-likeness (QED) is 0.718. The summed E-state index contributed by atoms with van der Waals surface area (Å²) in [7, 11) is 2.05. The number of carbonyl (C=O) groups is 1. The lowest BCUT2D eigenvalue weighted by atomic mass is 10.2. The van der Waals surface area contributed by atoms with Crippen LogP contribution in [-0.4, -0.2) is 35.9 Å². The second-order valence-electron chi connectivity index (χ2n) is 5.89. The van der Waals surface area contributed by atoms with Gasteiger partial charge in [0.2, 0.25) is 0 Å². The van der Waals surface area contributed by atoms with Gasteiger partial charge in [0, 0.05) is 35.6 Å². The predicted molar refractivity (Wildman–Crippen MR) is 98.4 cm³/mol. The van der Waals surface area contributed by atoms with E-state index >= 15 is 0 Å². The van der Waals surface area contributed by atoms with Gasteiger partial charge in [-0.15, -0.1) is 0 Å². The maximum Gasteiger partial charge on any atom is 0.267 e. The highest BCUT2D eigenvalue weighted by Crippen LogP contribution is 2.19. The summed E-state index contributed by atoms with van der Waals surface area (Å²) in [6, 6.07) is 17.7. The Hall–Kier alpha value is -2.30. The van der Waals surface area contributed by atoms with Crippen LogP contribution < -0.4 is 5.32 Å². The highest BCUT2D eigenvalue weighted by molar-refractivity contribution is 6.31. The van der Waals surface area contributed by atoms with E-state index in [1.807, 2.05) is 49.5 Å². The smallest absolute Gasteiger partial charge is 0.267 e. The van der Waals surface area contributed by atoms with E-state index in [2.05, 4.69) is 27.3 Å². The summed E-state index contributed by atoms with van der Waals surface area (Å²) in [5, 5.41) is 4.58. The second kappa shape index (κ2) is 7.51. The van der Waals surface area contributed by atoms with Gasteiger partial charge in [-0.1, -0.05) is 48.0 Å². The minimum atomic E-state index is -0.101. The molecule has 5 heteroatoms. The minimum absolute atomic E-state index is 0.101. The number of likely N-dealkylation sites (N-methyl/N-ethyl adjacent to an activating group) is 1. The minimum Gasteiger partial charge on any atom is -0.350 e. The van der Waals surface area contributed by atoms with E-state index in [1.165, 1.54) is 5.56 Å². The van der Waals surface area contributed by atoms with Crippen LogP contribution in [0.1, 0.15) is 16.1 Å². The molecule has 0 radical (unpaired) electrons. The zero-order valence-electron chi connectivity index (χ0n) is 13.6. The van der Waals surface area contributed by atoms with Gasteiger partial charge in [0.15, 0.2) is 0 Å². The van der Waals surface area contributed by atoms with Crippen molar-refractivity contribution >= 4 is 28.4 Å². The highest BCUT2D eigenvalue weighted by Gasteiger charge is 2.09. The van der Waals surface area contributed by atoms with Crippen molar-refractivity contribution in [1.29, 1.82) is 0 Å². The number of benzene rings is 2. The van der Waals surface area contributed by atoms with E-state index in [4.69, 9.17) is 11.6 Å². The molecule has 4 nitrogen and oxygen atoms in total. The van der Waals surface area contributed by atoms with Crippen LogP contribution in [0.5, 0.6) is 0 Å². The zero-order chi connectivity index (χ0) is 16.9. The maximum absolute atomic E-state index is 12.2. The fourth-order valence-electron chi connectivity index (χ4n) is 2.65. The first-order valence-corrected chi connectivity index (χ1v) is 8.28. The average molecular weight is 342 g/mol. The fourth-order valence-corrected chi connectivity index (χ4v) is 2.82. The number of fused-ring (bicyclic) bond motifs is 1. The van der Waals surface area contributed by atoms with Gasteiger partial charge in [-0.25, -0.2) is 0 Å². The Labute approximate surface area is 146 Å². The summed E-state index contributed by atoms with van der Waals surface area (Å²) in [6.07, 6.45) is 0. The molecule has 0 saturated heterocycles. The number of aromatic amines is 1. The molecular formula is C19H20ClN3O. The van der Waals surface area contributed by atoms with Crippen LogP contribution in [0.4, 0.5) is 0 Å². The maximum atomic E-state index is 12.2. The lowest BCUT2D eigenvalue weighted by Gasteiger charge is -2.16. The van der Waals surface area contributed by atoms with Crippen molar-refractivity contribution in [2.24, 2.45) is 0 Å². The number of amides is 1. The molecular weight excluding hydrogens is 322 g/mol. The topological polar surface area (TPSA) is 48.1 Å². The molecule has 0 aliphatic rings. The molecule has 0 saturated carbocycles. The third kappa shape index (κ3) is 4.16. The molecule has 0 aliphatic heterocycles. The molecule has 2 aromatic carbocycles. The van der Waals surface area contributed by atoms with Crippen molar-refractivity contribution in [2.75, 3.05) is 20.1 Å². The zero-order valence-corrected chi connectivity index (χ0v) is 14.3. The molecule has 3 aromatic rings. The molecule has 0 unspecified atom stereocenters. The van der Waals surface area contributed by atoms with E-state index in [0.29, 0.717) is 17.3 Å². The first kappa shape index (κ1) is 16.6. The molecule has 0 spiro atoms. The molecule has 0 aliphatic carbocycles. The molecule has 0 fully saturated rings. The van der Waals surface area contributed by atoms with E-state index in [-0.39, 0.29) is 5.91 Å². The van der Waals surface area contributed by atoms with Crippen LogP contribution in [0, 0.1) is 0 Å². The van der Waals surface area contributed by atoms with Gasteiger partial charge >= 0.3 is 0 Å². The lowest BCUT2D eigenvalue weighted by molar-refractivity contribution is 0.0945. The van der Waals surface area contributed by atoms with Crippen molar-refractivity contribution < 1.29 is 4.79 Å². The number of rotatable bonds is 6. The molecule has 124 valence electrons. The lowest BCUT2D eigenvalue weighted by Crippen LogP contribution is -2.32. The summed E-state index contributed by atoms with van der Waals surface area (Å²) >= 11 is 5.97. The van der Waals surface area contributed by atoms with Crippen LogP contribution in [0.15, 0.2) is 54.6 Å². The third-order valence-corrected chi connectivity index (χ3v) is 4.14. The van der Waals surface area contributed by atoms with Gasteiger partial charge in [-0.3, -0.25) is 4.79 Å². The van der Waals surface area contributed by atoms with E-state index in [9.17, 15) is 4.79 Å². The van der Waals surface area contributed by atoms with E-state index < -0.39 is 0 Å². The summed E-state index contributed by atoms with van der Waals surface area (Å²) in [5.74, 6) is -0.101. The van der Waals surface area contributed by atoms with Crippen molar-refractivity contribution in [3.63, 3.8) is 0 Å². The van der Waals surface area contributed by atoms with Crippen LogP contribution in [0.3, 0.4) is 0 Å². The SMILES string of the molecule is CN(CCNC(=O)c1cc2ccc(Cl)cc2[nH]1)Cc1ccccc1. The van der Waals surface area contributed by atoms with Gasteiger partial charge in [-0.2, -0.15) is 0 Å². The van der Waals surface area contributed by atoms with Crippen LogP contribution in [0.25, 0.3) is 10.9 Å².